The average Bonchev–Trinajstić information content (AvgIpc) is 3.02. The molecule has 3 fully saturated rings. The number of hydrogen-bond acceptors (Lipinski definition) is 3. The van der Waals surface area contributed by atoms with E-state index in [1.54, 1.807) is 7.11 Å². The molecule has 5 heteroatoms. The Morgan fingerprint density at radius 2 is 1.87 bits per heavy atom. The van der Waals surface area contributed by atoms with Crippen molar-refractivity contribution >= 4 is 11.8 Å². The van der Waals surface area contributed by atoms with Crippen LogP contribution in [0.5, 0.6) is 0 Å². The van der Waals surface area contributed by atoms with Crippen LogP contribution in [0.1, 0.15) is 52.4 Å². The summed E-state index contributed by atoms with van der Waals surface area (Å²) in [6, 6.07) is 0.270. The molecule has 3 aliphatic rings. The molecular formula is C18H30N2O3. The van der Waals surface area contributed by atoms with Gasteiger partial charge < -0.3 is 15.0 Å². The van der Waals surface area contributed by atoms with Crippen LogP contribution in [-0.4, -0.2) is 49.6 Å². The summed E-state index contributed by atoms with van der Waals surface area (Å²) in [5, 5.41) is 3.07. The molecule has 130 valence electrons. The lowest BCUT2D eigenvalue weighted by atomic mass is 9.67. The van der Waals surface area contributed by atoms with Gasteiger partial charge in [0.1, 0.15) is 0 Å². The van der Waals surface area contributed by atoms with E-state index in [-0.39, 0.29) is 22.8 Å². The van der Waals surface area contributed by atoms with Crippen LogP contribution in [-0.2, 0) is 14.3 Å². The fourth-order valence-electron chi connectivity index (χ4n) is 4.80. The van der Waals surface area contributed by atoms with Crippen molar-refractivity contribution < 1.29 is 14.3 Å². The number of nitrogens with one attached hydrogen (secondary N) is 1. The third-order valence-corrected chi connectivity index (χ3v) is 6.38. The Morgan fingerprint density at radius 3 is 2.35 bits per heavy atom. The zero-order chi connectivity index (χ0) is 16.7. The highest BCUT2D eigenvalue weighted by Gasteiger charge is 2.52. The quantitative estimate of drug-likeness (QED) is 0.805. The summed E-state index contributed by atoms with van der Waals surface area (Å²) in [4.78, 5) is 26.8. The first-order chi connectivity index (χ1) is 10.9. The highest BCUT2D eigenvalue weighted by atomic mass is 16.5. The van der Waals surface area contributed by atoms with E-state index < -0.39 is 0 Å². The maximum absolute atomic E-state index is 13.0. The molecule has 23 heavy (non-hydrogen) atoms. The Labute approximate surface area is 139 Å². The topological polar surface area (TPSA) is 58.6 Å². The van der Waals surface area contributed by atoms with E-state index in [4.69, 9.17) is 4.74 Å². The van der Waals surface area contributed by atoms with Gasteiger partial charge in [0.25, 0.3) is 0 Å². The smallest absolute Gasteiger partial charge is 0.231 e. The molecule has 2 aliphatic heterocycles. The molecule has 1 N–H and O–H groups in total. The van der Waals surface area contributed by atoms with Crippen LogP contribution >= 0.6 is 0 Å². The Morgan fingerprint density at radius 1 is 1.26 bits per heavy atom. The number of hydrogen-bond donors (Lipinski definition) is 1. The lowest BCUT2D eigenvalue weighted by molar-refractivity contribution is -0.151. The maximum atomic E-state index is 13.0. The molecule has 3 rings (SSSR count). The lowest BCUT2D eigenvalue weighted by Gasteiger charge is -2.50. The van der Waals surface area contributed by atoms with Crippen molar-refractivity contribution in [2.24, 2.45) is 16.7 Å². The second-order valence-corrected chi connectivity index (χ2v) is 8.22. The molecular weight excluding hydrogens is 292 g/mol. The van der Waals surface area contributed by atoms with Gasteiger partial charge in [-0.05, 0) is 45.4 Å². The molecule has 5 nitrogen and oxygen atoms in total. The summed E-state index contributed by atoms with van der Waals surface area (Å²) < 4.78 is 5.37. The van der Waals surface area contributed by atoms with Crippen LogP contribution in [0, 0.1) is 16.7 Å². The number of ether oxygens (including phenoxy) is 1. The molecule has 2 heterocycles. The van der Waals surface area contributed by atoms with Gasteiger partial charge in [-0.3, -0.25) is 9.59 Å². The molecule has 0 spiro atoms. The second kappa shape index (κ2) is 6.08. The molecule has 1 atom stereocenters. The van der Waals surface area contributed by atoms with Crippen LogP contribution in [0.15, 0.2) is 0 Å². The first-order valence-electron chi connectivity index (χ1n) is 9.00. The fraction of sp³-hybridized carbons (Fsp3) is 0.889. The van der Waals surface area contributed by atoms with Crippen LogP contribution < -0.4 is 5.32 Å². The number of piperidine rings is 1. The van der Waals surface area contributed by atoms with Crippen LogP contribution in [0.4, 0.5) is 0 Å². The summed E-state index contributed by atoms with van der Waals surface area (Å²) in [5.41, 5.74) is -0.523. The molecule has 0 aromatic rings. The number of rotatable bonds is 4. The number of carbonyl (C=O) groups is 2. The number of likely N-dealkylation sites (tertiary alicyclic amines) is 1. The SMILES string of the molecule is COCC1(C(=O)N2CCC(C3NC(=O)C3(C)C)CC2)CCCC1. The van der Waals surface area contributed by atoms with Gasteiger partial charge in [-0.25, -0.2) is 0 Å². The predicted molar refractivity (Wildman–Crippen MR) is 87.8 cm³/mol. The van der Waals surface area contributed by atoms with Crippen molar-refractivity contribution in [1.82, 2.24) is 10.2 Å². The summed E-state index contributed by atoms with van der Waals surface area (Å²) in [6.45, 7) is 6.24. The second-order valence-electron chi connectivity index (χ2n) is 8.22. The maximum Gasteiger partial charge on any atom is 0.231 e. The Kier molecular flexibility index (Phi) is 4.43. The van der Waals surface area contributed by atoms with E-state index in [1.165, 1.54) is 0 Å². The van der Waals surface area contributed by atoms with Crippen molar-refractivity contribution in [3.63, 3.8) is 0 Å². The van der Waals surface area contributed by atoms with Crippen molar-refractivity contribution in [2.75, 3.05) is 26.8 Å². The van der Waals surface area contributed by atoms with Crippen molar-refractivity contribution in [3.8, 4) is 0 Å². The van der Waals surface area contributed by atoms with Gasteiger partial charge in [0, 0.05) is 26.2 Å². The van der Waals surface area contributed by atoms with Gasteiger partial charge in [0.2, 0.25) is 11.8 Å². The summed E-state index contributed by atoms with van der Waals surface area (Å²) >= 11 is 0. The number of β-lactam (4-membered cyclic amide) rings is 1. The summed E-state index contributed by atoms with van der Waals surface area (Å²) in [6.07, 6.45) is 6.17. The van der Waals surface area contributed by atoms with Crippen molar-refractivity contribution in [3.05, 3.63) is 0 Å². The van der Waals surface area contributed by atoms with Crippen molar-refractivity contribution in [1.29, 1.82) is 0 Å². The van der Waals surface area contributed by atoms with Gasteiger partial charge >= 0.3 is 0 Å². The Bertz CT molecular complexity index is 475. The lowest BCUT2D eigenvalue weighted by Crippen LogP contribution is -2.68. The van der Waals surface area contributed by atoms with Gasteiger partial charge in [0.05, 0.1) is 17.4 Å². The predicted octanol–water partition coefficient (Wildman–Crippen LogP) is 1.96. The highest BCUT2D eigenvalue weighted by molar-refractivity contribution is 5.89. The first-order valence-corrected chi connectivity index (χ1v) is 9.00. The average molecular weight is 322 g/mol. The number of methoxy groups -OCH3 is 1. The molecule has 0 bridgehead atoms. The minimum atomic E-state index is -0.272. The van der Waals surface area contributed by atoms with Gasteiger partial charge in [-0.15, -0.1) is 0 Å². The number of carbonyl (C=O) groups excluding carboxylic acids is 2. The summed E-state index contributed by atoms with van der Waals surface area (Å²) in [7, 11) is 1.70. The molecule has 2 amide bonds. The van der Waals surface area contributed by atoms with E-state index in [1.807, 2.05) is 18.7 Å². The van der Waals surface area contributed by atoms with E-state index >= 15 is 0 Å². The Balaban J connectivity index is 1.58. The van der Waals surface area contributed by atoms with Gasteiger partial charge in [-0.1, -0.05) is 12.8 Å². The summed E-state index contributed by atoms with van der Waals surface area (Å²) in [5.74, 6) is 0.951. The van der Waals surface area contributed by atoms with E-state index in [0.717, 1.165) is 51.6 Å². The fourth-order valence-corrected chi connectivity index (χ4v) is 4.80. The van der Waals surface area contributed by atoms with Gasteiger partial charge in [-0.2, -0.15) is 0 Å². The number of nitrogens with zero attached hydrogens (tertiary/aromatic N) is 1. The Hall–Kier alpha value is -1.10. The third kappa shape index (κ3) is 2.77. The zero-order valence-corrected chi connectivity index (χ0v) is 14.7. The standard InChI is InChI=1S/C18H30N2O3/c1-17(2)14(19-15(17)21)13-6-10-20(11-7-13)16(22)18(12-23-3)8-4-5-9-18/h13-14H,4-12H2,1-3H3,(H,19,21). The number of amides is 2. The van der Waals surface area contributed by atoms with Crippen LogP contribution in [0.2, 0.25) is 0 Å². The van der Waals surface area contributed by atoms with Gasteiger partial charge in [0.15, 0.2) is 0 Å². The van der Waals surface area contributed by atoms with Crippen LogP contribution in [0.25, 0.3) is 0 Å². The normalized spacial score (nSPS) is 30.0. The largest absolute Gasteiger partial charge is 0.384 e. The molecule has 1 aliphatic carbocycles. The van der Waals surface area contributed by atoms with E-state index in [0.29, 0.717) is 18.4 Å². The zero-order valence-electron chi connectivity index (χ0n) is 14.7. The molecule has 0 aromatic heterocycles. The minimum absolute atomic E-state index is 0.158. The highest BCUT2D eigenvalue weighted by Crippen LogP contribution is 2.42. The first kappa shape index (κ1) is 16.7. The molecule has 0 radical (unpaired) electrons. The molecule has 1 unspecified atom stereocenters. The van der Waals surface area contributed by atoms with Crippen molar-refractivity contribution in [2.45, 2.75) is 58.4 Å². The molecule has 0 aromatic carbocycles. The van der Waals surface area contributed by atoms with E-state index in [9.17, 15) is 9.59 Å². The molecule has 2 saturated heterocycles. The monoisotopic (exact) mass is 322 g/mol. The molecule has 1 saturated carbocycles. The minimum Gasteiger partial charge on any atom is -0.384 e. The van der Waals surface area contributed by atoms with Crippen LogP contribution in [0.3, 0.4) is 0 Å². The van der Waals surface area contributed by atoms with E-state index in [2.05, 4.69) is 5.32 Å². The third-order valence-electron chi connectivity index (χ3n) is 6.38.